The van der Waals surface area contributed by atoms with Crippen LogP contribution < -0.4 is 5.73 Å². The van der Waals surface area contributed by atoms with Crippen LogP contribution >= 0.6 is 11.3 Å². The van der Waals surface area contributed by atoms with Gasteiger partial charge in [0.1, 0.15) is 0 Å². The maximum absolute atomic E-state index is 12.1. The Morgan fingerprint density at radius 1 is 1.29 bits per heavy atom. The van der Waals surface area contributed by atoms with Crippen molar-refractivity contribution in [3.05, 3.63) is 63.0 Å². The van der Waals surface area contributed by atoms with Crippen LogP contribution in [0.25, 0.3) is 11.3 Å². The number of carbonyl (C=O) groups is 1. The van der Waals surface area contributed by atoms with Gasteiger partial charge in [-0.3, -0.25) is 14.8 Å². The molecule has 0 bridgehead atoms. The first-order valence-corrected chi connectivity index (χ1v) is 10.5. The molecular weight excluding hydrogens is 368 g/mol. The molecule has 1 aliphatic heterocycles. The molecule has 28 heavy (non-hydrogen) atoms. The number of aromatic nitrogens is 2. The molecule has 3 N–H and O–H groups in total. The first-order valence-electron chi connectivity index (χ1n) is 9.58. The normalized spacial score (nSPS) is 14.4. The summed E-state index contributed by atoms with van der Waals surface area (Å²) < 4.78 is 0. The van der Waals surface area contributed by atoms with E-state index in [-0.39, 0.29) is 5.41 Å². The van der Waals surface area contributed by atoms with Crippen molar-refractivity contribution >= 4 is 17.2 Å². The number of aromatic amines is 1. The number of H-pyrrole nitrogens is 1. The van der Waals surface area contributed by atoms with E-state index in [9.17, 15) is 4.79 Å². The maximum Gasteiger partial charge on any atom is 0.249 e. The molecule has 6 heteroatoms. The first kappa shape index (κ1) is 18.9. The predicted molar refractivity (Wildman–Crippen MR) is 113 cm³/mol. The highest BCUT2D eigenvalue weighted by molar-refractivity contribution is 7.09. The molecule has 0 atom stereocenters. The fourth-order valence-corrected chi connectivity index (χ4v) is 4.43. The number of benzene rings is 1. The van der Waals surface area contributed by atoms with Gasteiger partial charge in [0.05, 0.1) is 11.4 Å². The van der Waals surface area contributed by atoms with Crippen LogP contribution in [0.2, 0.25) is 0 Å². The lowest BCUT2D eigenvalue weighted by Crippen LogP contribution is -2.20. The summed E-state index contributed by atoms with van der Waals surface area (Å²) in [4.78, 5) is 15.9. The molecule has 0 radical (unpaired) electrons. The van der Waals surface area contributed by atoms with E-state index in [0.29, 0.717) is 5.56 Å². The van der Waals surface area contributed by atoms with E-state index < -0.39 is 5.91 Å². The van der Waals surface area contributed by atoms with Gasteiger partial charge in [0.15, 0.2) is 0 Å². The van der Waals surface area contributed by atoms with Gasteiger partial charge in [-0.15, -0.1) is 11.3 Å². The molecule has 0 spiro atoms. The Hall–Kier alpha value is -2.44. The Morgan fingerprint density at radius 2 is 2.11 bits per heavy atom. The average Bonchev–Trinajstić information content (AvgIpc) is 3.35. The van der Waals surface area contributed by atoms with Gasteiger partial charge in [-0.1, -0.05) is 32.9 Å². The van der Waals surface area contributed by atoms with Crippen LogP contribution in [-0.4, -0.2) is 27.5 Å². The van der Waals surface area contributed by atoms with Gasteiger partial charge >= 0.3 is 0 Å². The number of primary amides is 1. The van der Waals surface area contributed by atoms with Crippen LogP contribution in [0.5, 0.6) is 0 Å². The van der Waals surface area contributed by atoms with Gasteiger partial charge in [0, 0.05) is 41.2 Å². The van der Waals surface area contributed by atoms with Gasteiger partial charge < -0.3 is 5.73 Å². The minimum Gasteiger partial charge on any atom is -0.366 e. The molecule has 1 aromatic carbocycles. The van der Waals surface area contributed by atoms with Gasteiger partial charge in [-0.2, -0.15) is 5.10 Å². The molecule has 5 nitrogen and oxygen atoms in total. The molecule has 0 saturated carbocycles. The smallest absolute Gasteiger partial charge is 0.249 e. The first-order chi connectivity index (χ1) is 13.3. The van der Waals surface area contributed by atoms with E-state index in [1.807, 2.05) is 12.1 Å². The van der Waals surface area contributed by atoms with Crippen molar-refractivity contribution in [3.8, 4) is 11.3 Å². The minimum atomic E-state index is -0.417. The molecule has 1 aliphatic rings. The molecule has 1 amide bonds. The lowest BCUT2D eigenvalue weighted by atomic mass is 9.84. The van der Waals surface area contributed by atoms with Crippen LogP contribution in [0, 0.1) is 0 Å². The molecule has 4 rings (SSSR count). The number of nitrogens with zero attached hydrogens (tertiary/aromatic N) is 2. The SMILES string of the molecule is CC(C)(C)c1ccc(C(N)=O)c(-c2n[nH]c3c2CN(CCc2cccs2)C3)c1. The minimum absolute atomic E-state index is 0.0167. The van der Waals surface area contributed by atoms with Gasteiger partial charge in [0.25, 0.3) is 0 Å². The number of nitrogens with two attached hydrogens (primary N) is 1. The number of hydrogen-bond acceptors (Lipinski definition) is 4. The summed E-state index contributed by atoms with van der Waals surface area (Å²) in [6.45, 7) is 9.20. The third kappa shape index (κ3) is 3.62. The Kier molecular flexibility index (Phi) is 4.85. The zero-order chi connectivity index (χ0) is 19.9. The molecule has 0 unspecified atom stereocenters. The molecule has 2 aromatic heterocycles. The molecule has 146 valence electrons. The summed E-state index contributed by atoms with van der Waals surface area (Å²) in [7, 11) is 0. The fraction of sp³-hybridized carbons (Fsp3) is 0.364. The van der Waals surface area contributed by atoms with Crippen LogP contribution in [0.1, 0.15) is 52.8 Å². The van der Waals surface area contributed by atoms with Gasteiger partial charge in [0.2, 0.25) is 5.91 Å². The van der Waals surface area contributed by atoms with E-state index >= 15 is 0 Å². The van der Waals surface area contributed by atoms with Crippen molar-refractivity contribution in [1.29, 1.82) is 0 Å². The Balaban J connectivity index is 1.63. The lowest BCUT2D eigenvalue weighted by molar-refractivity contribution is 0.100. The van der Waals surface area contributed by atoms with E-state index in [1.165, 1.54) is 10.4 Å². The Bertz CT molecular complexity index is 998. The third-order valence-electron chi connectivity index (χ3n) is 5.38. The molecule has 0 saturated heterocycles. The van der Waals surface area contributed by atoms with Crippen molar-refractivity contribution in [2.75, 3.05) is 6.54 Å². The summed E-state index contributed by atoms with van der Waals surface area (Å²) in [6, 6.07) is 10.2. The van der Waals surface area contributed by atoms with Crippen LogP contribution in [-0.2, 0) is 24.9 Å². The lowest BCUT2D eigenvalue weighted by Gasteiger charge is -2.21. The van der Waals surface area contributed by atoms with E-state index in [0.717, 1.165) is 48.6 Å². The second-order valence-corrected chi connectivity index (χ2v) is 9.48. The zero-order valence-electron chi connectivity index (χ0n) is 16.6. The summed E-state index contributed by atoms with van der Waals surface area (Å²) in [5.41, 5.74) is 11.3. The van der Waals surface area contributed by atoms with Crippen LogP contribution in [0.15, 0.2) is 35.7 Å². The number of amides is 1. The highest BCUT2D eigenvalue weighted by atomic mass is 32.1. The quantitative estimate of drug-likeness (QED) is 0.684. The third-order valence-corrected chi connectivity index (χ3v) is 6.31. The maximum atomic E-state index is 12.1. The molecule has 0 aliphatic carbocycles. The van der Waals surface area contributed by atoms with Gasteiger partial charge in [-0.05, 0) is 41.0 Å². The van der Waals surface area contributed by atoms with E-state index in [4.69, 9.17) is 5.73 Å². The molecule has 3 aromatic rings. The number of hydrogen-bond donors (Lipinski definition) is 2. The van der Waals surface area contributed by atoms with Crippen molar-refractivity contribution in [2.24, 2.45) is 5.73 Å². The summed E-state index contributed by atoms with van der Waals surface area (Å²) in [6.07, 6.45) is 1.05. The predicted octanol–water partition coefficient (Wildman–Crippen LogP) is 4.09. The standard InChI is InChI=1S/C22H26N4OS/c1-22(2,3)14-6-7-16(21(23)27)17(11-14)20-18-12-26(13-19(18)24-25-20)9-8-15-5-4-10-28-15/h4-7,10-11H,8-9,12-13H2,1-3H3,(H2,23,27)(H,24,25). The van der Waals surface area contributed by atoms with E-state index in [2.05, 4.69) is 59.4 Å². The van der Waals surface area contributed by atoms with Gasteiger partial charge in [-0.25, -0.2) is 0 Å². The molecular formula is C22H26N4OS. The number of thiophene rings is 1. The van der Waals surface area contributed by atoms with Crippen molar-refractivity contribution in [2.45, 2.75) is 45.7 Å². The second kappa shape index (κ2) is 7.18. The summed E-state index contributed by atoms with van der Waals surface area (Å²) in [5.74, 6) is -0.417. The van der Waals surface area contributed by atoms with E-state index in [1.54, 1.807) is 11.3 Å². The second-order valence-electron chi connectivity index (χ2n) is 8.44. The Labute approximate surface area is 169 Å². The molecule has 3 heterocycles. The van der Waals surface area contributed by atoms with Crippen molar-refractivity contribution in [3.63, 3.8) is 0 Å². The Morgan fingerprint density at radius 3 is 2.79 bits per heavy atom. The summed E-state index contributed by atoms with van der Waals surface area (Å²) in [5, 5.41) is 9.87. The topological polar surface area (TPSA) is 75.0 Å². The zero-order valence-corrected chi connectivity index (χ0v) is 17.4. The molecule has 0 fully saturated rings. The number of fused-ring (bicyclic) bond motifs is 1. The number of carbonyl (C=O) groups excluding carboxylic acids is 1. The van der Waals surface area contributed by atoms with Crippen molar-refractivity contribution < 1.29 is 4.79 Å². The fourth-order valence-electron chi connectivity index (χ4n) is 3.73. The highest BCUT2D eigenvalue weighted by Gasteiger charge is 2.28. The number of rotatable bonds is 5. The largest absolute Gasteiger partial charge is 0.366 e. The number of nitrogens with one attached hydrogen (secondary N) is 1. The van der Waals surface area contributed by atoms with Crippen molar-refractivity contribution in [1.82, 2.24) is 15.1 Å². The average molecular weight is 395 g/mol. The van der Waals surface area contributed by atoms with Crippen LogP contribution in [0.4, 0.5) is 0 Å². The monoisotopic (exact) mass is 394 g/mol. The summed E-state index contributed by atoms with van der Waals surface area (Å²) >= 11 is 1.80. The van der Waals surface area contributed by atoms with Crippen LogP contribution in [0.3, 0.4) is 0 Å². The highest BCUT2D eigenvalue weighted by Crippen LogP contribution is 2.35.